The minimum absolute atomic E-state index is 0.144. The molecule has 4 atom stereocenters. The molecule has 0 radical (unpaired) electrons. The third-order valence-corrected chi connectivity index (χ3v) is 5.89. The molecule has 1 aliphatic carbocycles. The van der Waals surface area contributed by atoms with Crippen molar-refractivity contribution in [3.8, 4) is 0 Å². The molecule has 1 unspecified atom stereocenters. The van der Waals surface area contributed by atoms with Crippen molar-refractivity contribution < 1.29 is 9.59 Å². The Morgan fingerprint density at radius 3 is 2.12 bits per heavy atom. The molecule has 26 heavy (non-hydrogen) atoms. The molecule has 5 heteroatoms. The van der Waals surface area contributed by atoms with Crippen LogP contribution in [0.3, 0.4) is 0 Å². The molecular formula is C21H21N3O2. The minimum atomic E-state index is -1.06. The van der Waals surface area contributed by atoms with Gasteiger partial charge in [0.15, 0.2) is 0 Å². The first kappa shape index (κ1) is 16.5. The molecule has 2 aromatic rings. The van der Waals surface area contributed by atoms with E-state index in [-0.39, 0.29) is 41.7 Å². The average Bonchev–Trinajstić information content (AvgIpc) is 2.96. The van der Waals surface area contributed by atoms with Gasteiger partial charge >= 0.3 is 0 Å². The monoisotopic (exact) mass is 347 g/mol. The molecule has 1 fully saturated rings. The zero-order chi connectivity index (χ0) is 18.3. The molecule has 1 amide bonds. The van der Waals surface area contributed by atoms with Crippen molar-refractivity contribution in [2.24, 2.45) is 22.2 Å². The Bertz CT molecular complexity index is 879. The van der Waals surface area contributed by atoms with Crippen LogP contribution in [-0.2, 0) is 9.59 Å². The molecule has 1 aliphatic heterocycles. The number of hydrogen-bond donors (Lipinski definition) is 2. The highest BCUT2D eigenvalue weighted by Crippen LogP contribution is 2.57. The second-order valence-corrected chi connectivity index (χ2v) is 7.12. The number of nitrogens with two attached hydrogens (primary N) is 1. The number of benzene rings is 2. The summed E-state index contributed by atoms with van der Waals surface area (Å²) in [6.07, 6.45) is 0.276. The number of amides is 1. The highest BCUT2D eigenvalue weighted by molar-refractivity contribution is 6.14. The van der Waals surface area contributed by atoms with Crippen molar-refractivity contribution in [2.45, 2.75) is 25.2 Å². The van der Waals surface area contributed by atoms with Crippen LogP contribution in [0.4, 0.5) is 0 Å². The first-order valence-electron chi connectivity index (χ1n) is 8.83. The van der Waals surface area contributed by atoms with E-state index in [2.05, 4.69) is 10.5 Å². The lowest BCUT2D eigenvalue weighted by atomic mass is 9.52. The number of ketones is 1. The topological polar surface area (TPSA) is 84.5 Å². The van der Waals surface area contributed by atoms with Gasteiger partial charge in [-0.3, -0.25) is 9.59 Å². The smallest absolute Gasteiger partial charge is 0.255 e. The van der Waals surface area contributed by atoms with Gasteiger partial charge in [0.25, 0.3) is 5.91 Å². The van der Waals surface area contributed by atoms with Crippen LogP contribution in [0.15, 0.2) is 65.8 Å². The molecule has 0 aromatic heterocycles. The molecule has 132 valence electrons. The lowest BCUT2D eigenvalue weighted by Crippen LogP contribution is -2.56. The van der Waals surface area contributed by atoms with Gasteiger partial charge in [0.1, 0.15) is 17.0 Å². The van der Waals surface area contributed by atoms with Gasteiger partial charge in [-0.15, -0.1) is 0 Å². The summed E-state index contributed by atoms with van der Waals surface area (Å²) in [6.45, 7) is 1.89. The molecule has 0 saturated heterocycles. The Morgan fingerprint density at radius 1 is 1.00 bits per heavy atom. The van der Waals surface area contributed by atoms with Crippen LogP contribution in [0.5, 0.6) is 0 Å². The average molecular weight is 347 g/mol. The van der Waals surface area contributed by atoms with Gasteiger partial charge in [-0.25, -0.2) is 5.43 Å². The number of nitrogens with one attached hydrogen (secondary N) is 1. The van der Waals surface area contributed by atoms with Crippen LogP contribution in [0.2, 0.25) is 0 Å². The van der Waals surface area contributed by atoms with Crippen molar-refractivity contribution in [2.75, 3.05) is 0 Å². The summed E-state index contributed by atoms with van der Waals surface area (Å²) in [4.78, 5) is 26.1. The van der Waals surface area contributed by atoms with E-state index in [0.29, 0.717) is 0 Å². The van der Waals surface area contributed by atoms with Crippen LogP contribution < -0.4 is 11.2 Å². The fourth-order valence-electron chi connectivity index (χ4n) is 4.67. The van der Waals surface area contributed by atoms with Crippen LogP contribution in [0.25, 0.3) is 0 Å². The first-order chi connectivity index (χ1) is 12.6. The molecular weight excluding hydrogens is 326 g/mol. The van der Waals surface area contributed by atoms with Gasteiger partial charge in [0, 0.05) is 24.2 Å². The van der Waals surface area contributed by atoms with Crippen molar-refractivity contribution in [1.29, 1.82) is 0 Å². The summed E-state index contributed by atoms with van der Waals surface area (Å²) in [6, 6.07) is 19.4. The van der Waals surface area contributed by atoms with Gasteiger partial charge < -0.3 is 5.73 Å². The van der Waals surface area contributed by atoms with E-state index in [0.717, 1.165) is 11.1 Å². The van der Waals surface area contributed by atoms with E-state index in [1.165, 1.54) is 0 Å². The standard InChI is InChI=1S/C21H21N3O2/c1-13-17(25)12-16(14-8-4-2-5-9-14)21(19(22)23-24-20(21)26)18(13)15-10-6-3-7-11-15/h2-11,13,16,18H,12H2,1H3,(H2,22,23)(H,24,26)/t13-,16+,18-,21?/m0/s1. The number of Topliss-reactive ketones (excluding diaryl/α,β-unsaturated/α-hetero) is 1. The van der Waals surface area contributed by atoms with Crippen molar-refractivity contribution in [3.63, 3.8) is 0 Å². The molecule has 1 saturated carbocycles. The fraction of sp³-hybridized carbons (Fsp3) is 0.286. The molecule has 3 N–H and O–H groups in total. The van der Waals surface area contributed by atoms with Gasteiger partial charge in [0.05, 0.1) is 0 Å². The lowest BCUT2D eigenvalue weighted by Gasteiger charge is -2.47. The third-order valence-electron chi connectivity index (χ3n) is 5.89. The van der Waals surface area contributed by atoms with E-state index < -0.39 is 5.41 Å². The van der Waals surface area contributed by atoms with Crippen LogP contribution >= 0.6 is 0 Å². The molecule has 4 rings (SSSR count). The number of hydrogen-bond acceptors (Lipinski definition) is 4. The zero-order valence-electron chi connectivity index (χ0n) is 14.6. The van der Waals surface area contributed by atoms with E-state index in [1.54, 1.807) is 0 Å². The van der Waals surface area contributed by atoms with Crippen molar-refractivity contribution in [3.05, 3.63) is 71.8 Å². The summed E-state index contributed by atoms with van der Waals surface area (Å²) < 4.78 is 0. The van der Waals surface area contributed by atoms with Crippen LogP contribution in [0.1, 0.15) is 36.3 Å². The van der Waals surface area contributed by atoms with Crippen LogP contribution in [-0.4, -0.2) is 17.5 Å². The maximum Gasteiger partial charge on any atom is 0.255 e. The third kappa shape index (κ3) is 2.20. The second-order valence-electron chi connectivity index (χ2n) is 7.12. The normalized spacial score (nSPS) is 31.0. The van der Waals surface area contributed by atoms with Crippen molar-refractivity contribution in [1.82, 2.24) is 5.43 Å². The quantitative estimate of drug-likeness (QED) is 0.875. The number of rotatable bonds is 2. The summed E-state index contributed by atoms with van der Waals surface area (Å²) in [5.41, 5.74) is 9.74. The number of hydrazone groups is 1. The molecule has 1 heterocycles. The Labute approximate surface area is 152 Å². The SMILES string of the molecule is C[C@H]1C(=O)C[C@H](c2ccccc2)C2(C(=O)NN=C2N)[C@@H]1c1ccccc1. The van der Waals surface area contributed by atoms with Gasteiger partial charge in [-0.1, -0.05) is 67.6 Å². The predicted molar refractivity (Wildman–Crippen MR) is 99.4 cm³/mol. The summed E-state index contributed by atoms with van der Waals surface area (Å²) in [7, 11) is 0. The zero-order valence-corrected chi connectivity index (χ0v) is 14.6. The first-order valence-corrected chi connectivity index (χ1v) is 8.83. The Hall–Kier alpha value is -2.95. The molecule has 5 nitrogen and oxygen atoms in total. The lowest BCUT2D eigenvalue weighted by molar-refractivity contribution is -0.136. The van der Waals surface area contributed by atoms with Gasteiger partial charge in [0.2, 0.25) is 0 Å². The summed E-state index contributed by atoms with van der Waals surface area (Å²) in [5.74, 6) is -0.840. The minimum Gasteiger partial charge on any atom is -0.385 e. The Balaban J connectivity index is 1.97. The summed E-state index contributed by atoms with van der Waals surface area (Å²) in [5, 5.41) is 4.09. The summed E-state index contributed by atoms with van der Waals surface area (Å²) >= 11 is 0. The highest BCUT2D eigenvalue weighted by atomic mass is 16.2. The predicted octanol–water partition coefficient (Wildman–Crippen LogP) is 2.55. The molecule has 1 spiro atoms. The fourth-order valence-corrected chi connectivity index (χ4v) is 4.67. The number of nitrogens with zero attached hydrogens (tertiary/aromatic N) is 1. The maximum absolute atomic E-state index is 13.2. The molecule has 2 aromatic carbocycles. The van der Waals surface area contributed by atoms with E-state index >= 15 is 0 Å². The maximum atomic E-state index is 13.2. The highest BCUT2D eigenvalue weighted by Gasteiger charge is 2.63. The van der Waals surface area contributed by atoms with E-state index in [4.69, 9.17) is 5.73 Å². The number of carbonyl (C=O) groups excluding carboxylic acids is 2. The molecule has 2 aliphatic rings. The van der Waals surface area contributed by atoms with E-state index in [9.17, 15) is 9.59 Å². The largest absolute Gasteiger partial charge is 0.385 e. The van der Waals surface area contributed by atoms with Gasteiger partial charge in [-0.2, -0.15) is 5.10 Å². The van der Waals surface area contributed by atoms with Crippen molar-refractivity contribution >= 4 is 17.5 Å². The molecule has 0 bridgehead atoms. The van der Waals surface area contributed by atoms with E-state index in [1.807, 2.05) is 67.6 Å². The Kier molecular flexibility index (Phi) is 3.87. The number of amidine groups is 1. The number of carbonyl (C=O) groups is 2. The Morgan fingerprint density at radius 2 is 1.58 bits per heavy atom. The van der Waals surface area contributed by atoms with Gasteiger partial charge in [-0.05, 0) is 11.1 Å². The second kappa shape index (κ2) is 6.09. The van der Waals surface area contributed by atoms with Crippen LogP contribution in [0, 0.1) is 11.3 Å².